The first-order chi connectivity index (χ1) is 9.75. The molecule has 0 unspecified atom stereocenters. The number of aliphatic hydroxyl groups is 2. The van der Waals surface area contributed by atoms with E-state index >= 15 is 0 Å². The van der Waals surface area contributed by atoms with Crippen molar-refractivity contribution in [3.63, 3.8) is 0 Å². The fourth-order valence-corrected chi connectivity index (χ4v) is 2.17. The van der Waals surface area contributed by atoms with E-state index in [0.29, 0.717) is 18.5 Å². The van der Waals surface area contributed by atoms with Crippen molar-refractivity contribution in [1.82, 2.24) is 5.32 Å². The van der Waals surface area contributed by atoms with Gasteiger partial charge in [0.05, 0.1) is 23.2 Å². The average molecular weight is 372 g/mol. The van der Waals surface area contributed by atoms with Crippen molar-refractivity contribution in [2.24, 2.45) is 0 Å². The summed E-state index contributed by atoms with van der Waals surface area (Å²) >= 11 is 3.02. The van der Waals surface area contributed by atoms with Crippen LogP contribution < -0.4 is 10.1 Å². The first-order valence-electron chi connectivity index (χ1n) is 6.26. The van der Waals surface area contributed by atoms with Gasteiger partial charge in [0.25, 0.3) is 0 Å². The Morgan fingerprint density at radius 3 is 2.29 bits per heavy atom. The first-order valence-corrected chi connectivity index (χ1v) is 7.05. The standard InChI is InChI=1S/C13H17BrF3NO3/c1-2-12(7-19,8-20)18-6-9-3-4-11(10(14)5-9)21-13(15,16)17/h3-5,18-20H,2,6-8H2,1H3. The Morgan fingerprint density at radius 1 is 1.24 bits per heavy atom. The van der Waals surface area contributed by atoms with Crippen LogP contribution in [0, 0.1) is 0 Å². The fourth-order valence-electron chi connectivity index (χ4n) is 1.66. The largest absolute Gasteiger partial charge is 0.573 e. The molecule has 0 radical (unpaired) electrons. The van der Waals surface area contributed by atoms with Crippen molar-refractivity contribution >= 4 is 15.9 Å². The lowest BCUT2D eigenvalue weighted by molar-refractivity contribution is -0.274. The third-order valence-electron chi connectivity index (χ3n) is 3.17. The molecule has 120 valence electrons. The summed E-state index contributed by atoms with van der Waals surface area (Å²) in [6.45, 7) is 1.63. The van der Waals surface area contributed by atoms with Crippen LogP contribution >= 0.6 is 15.9 Å². The normalized spacial score (nSPS) is 12.5. The van der Waals surface area contributed by atoms with E-state index in [1.807, 2.05) is 6.92 Å². The van der Waals surface area contributed by atoms with Crippen LogP contribution in [0.25, 0.3) is 0 Å². The second-order valence-corrected chi connectivity index (χ2v) is 5.47. The molecule has 1 rings (SSSR count). The minimum absolute atomic E-state index is 0.175. The summed E-state index contributed by atoms with van der Waals surface area (Å²) in [6, 6.07) is 4.18. The molecule has 0 aromatic heterocycles. The quantitative estimate of drug-likeness (QED) is 0.689. The molecule has 3 N–H and O–H groups in total. The number of halogens is 4. The predicted molar refractivity (Wildman–Crippen MR) is 74.9 cm³/mol. The van der Waals surface area contributed by atoms with Crippen molar-refractivity contribution in [1.29, 1.82) is 0 Å². The van der Waals surface area contributed by atoms with Crippen LogP contribution in [-0.2, 0) is 6.54 Å². The van der Waals surface area contributed by atoms with E-state index in [2.05, 4.69) is 26.0 Å². The van der Waals surface area contributed by atoms with Crippen LogP contribution in [0.2, 0.25) is 0 Å². The van der Waals surface area contributed by atoms with Crippen LogP contribution in [-0.4, -0.2) is 35.3 Å². The van der Waals surface area contributed by atoms with Gasteiger partial charge in [0.15, 0.2) is 0 Å². The number of rotatable bonds is 7. The second-order valence-electron chi connectivity index (χ2n) is 4.62. The summed E-state index contributed by atoms with van der Waals surface area (Å²) < 4.78 is 40.5. The maximum Gasteiger partial charge on any atom is 0.573 e. The number of ether oxygens (including phenoxy) is 1. The molecule has 0 aliphatic carbocycles. The monoisotopic (exact) mass is 371 g/mol. The smallest absolute Gasteiger partial charge is 0.405 e. The number of nitrogens with one attached hydrogen (secondary N) is 1. The van der Waals surface area contributed by atoms with E-state index in [0.717, 1.165) is 0 Å². The highest BCUT2D eigenvalue weighted by Crippen LogP contribution is 2.31. The van der Waals surface area contributed by atoms with Crippen molar-refractivity contribution in [3.05, 3.63) is 28.2 Å². The van der Waals surface area contributed by atoms with Gasteiger partial charge in [-0.25, -0.2) is 0 Å². The van der Waals surface area contributed by atoms with Crippen LogP contribution in [0.15, 0.2) is 22.7 Å². The predicted octanol–water partition coefficient (Wildman–Crippen LogP) is 2.57. The molecule has 0 fully saturated rings. The molecule has 8 heteroatoms. The third kappa shape index (κ3) is 5.46. The number of hydrogen-bond donors (Lipinski definition) is 3. The Morgan fingerprint density at radius 2 is 1.86 bits per heavy atom. The Hall–Kier alpha value is -0.830. The van der Waals surface area contributed by atoms with Gasteiger partial charge in [0, 0.05) is 6.54 Å². The average Bonchev–Trinajstić information content (AvgIpc) is 2.42. The third-order valence-corrected chi connectivity index (χ3v) is 3.79. The molecule has 0 aliphatic heterocycles. The first kappa shape index (κ1) is 18.2. The van der Waals surface area contributed by atoms with Crippen LogP contribution in [0.1, 0.15) is 18.9 Å². The molecule has 21 heavy (non-hydrogen) atoms. The zero-order valence-corrected chi connectivity index (χ0v) is 13.0. The van der Waals surface area contributed by atoms with Crippen LogP contribution in [0.3, 0.4) is 0 Å². The maximum absolute atomic E-state index is 12.2. The molecule has 0 saturated carbocycles. The topological polar surface area (TPSA) is 61.7 Å². The Labute approximate surface area is 129 Å². The molecule has 0 atom stereocenters. The molecular weight excluding hydrogens is 355 g/mol. The van der Waals surface area contributed by atoms with Gasteiger partial charge in [-0.1, -0.05) is 13.0 Å². The minimum Gasteiger partial charge on any atom is -0.405 e. The van der Waals surface area contributed by atoms with Gasteiger partial charge in [-0.15, -0.1) is 13.2 Å². The van der Waals surface area contributed by atoms with E-state index in [1.165, 1.54) is 18.2 Å². The number of hydrogen-bond acceptors (Lipinski definition) is 4. The lowest BCUT2D eigenvalue weighted by atomic mass is 9.98. The Kier molecular flexibility index (Phi) is 6.45. The number of alkyl halides is 3. The second kappa shape index (κ2) is 7.44. The molecule has 0 bridgehead atoms. The molecular formula is C13H17BrF3NO3. The van der Waals surface area contributed by atoms with Gasteiger partial charge in [-0.2, -0.15) is 0 Å². The SMILES string of the molecule is CCC(CO)(CO)NCc1ccc(OC(F)(F)F)c(Br)c1. The van der Waals surface area contributed by atoms with Crippen molar-refractivity contribution in [2.75, 3.05) is 13.2 Å². The number of benzene rings is 1. The van der Waals surface area contributed by atoms with Gasteiger partial charge < -0.3 is 20.3 Å². The Bertz CT molecular complexity index is 456. The molecule has 4 nitrogen and oxygen atoms in total. The molecule has 0 spiro atoms. The summed E-state index contributed by atoms with van der Waals surface area (Å²) in [5.41, 5.74) is -0.121. The van der Waals surface area contributed by atoms with Crippen LogP contribution in [0.4, 0.5) is 13.2 Å². The van der Waals surface area contributed by atoms with Crippen molar-refractivity contribution in [2.45, 2.75) is 31.8 Å². The lowest BCUT2D eigenvalue weighted by Gasteiger charge is -2.30. The van der Waals surface area contributed by atoms with E-state index < -0.39 is 11.9 Å². The maximum atomic E-state index is 12.2. The summed E-state index contributed by atoms with van der Waals surface area (Å²) in [5.74, 6) is -0.322. The molecule has 0 aliphatic rings. The lowest BCUT2D eigenvalue weighted by Crippen LogP contribution is -2.50. The van der Waals surface area contributed by atoms with E-state index in [4.69, 9.17) is 0 Å². The fraction of sp³-hybridized carbons (Fsp3) is 0.538. The van der Waals surface area contributed by atoms with Crippen LogP contribution in [0.5, 0.6) is 5.75 Å². The van der Waals surface area contributed by atoms with Gasteiger partial charge in [0.2, 0.25) is 0 Å². The van der Waals surface area contributed by atoms with Crippen molar-refractivity contribution in [3.8, 4) is 5.75 Å². The minimum atomic E-state index is -4.74. The molecule has 1 aromatic carbocycles. The summed E-state index contributed by atoms with van der Waals surface area (Å²) in [5, 5.41) is 21.6. The highest BCUT2D eigenvalue weighted by atomic mass is 79.9. The highest BCUT2D eigenvalue weighted by Gasteiger charge is 2.32. The van der Waals surface area contributed by atoms with Gasteiger partial charge in [-0.3, -0.25) is 0 Å². The summed E-state index contributed by atoms with van der Waals surface area (Å²) in [4.78, 5) is 0. The molecule has 1 aromatic rings. The zero-order valence-electron chi connectivity index (χ0n) is 11.4. The van der Waals surface area contributed by atoms with Gasteiger partial charge >= 0.3 is 6.36 Å². The van der Waals surface area contributed by atoms with E-state index in [9.17, 15) is 23.4 Å². The van der Waals surface area contributed by atoms with E-state index in [1.54, 1.807) is 0 Å². The molecule has 0 amide bonds. The Balaban J connectivity index is 2.76. The highest BCUT2D eigenvalue weighted by molar-refractivity contribution is 9.10. The van der Waals surface area contributed by atoms with Crippen molar-refractivity contribution < 1.29 is 28.1 Å². The van der Waals surface area contributed by atoms with Gasteiger partial charge in [-0.05, 0) is 40.0 Å². The zero-order chi connectivity index (χ0) is 16.1. The van der Waals surface area contributed by atoms with Gasteiger partial charge in [0.1, 0.15) is 5.75 Å². The molecule has 0 saturated heterocycles. The number of aliphatic hydroxyl groups excluding tert-OH is 2. The summed E-state index contributed by atoms with van der Waals surface area (Å²) in [6.07, 6.45) is -4.23. The molecule has 0 heterocycles. The summed E-state index contributed by atoms with van der Waals surface area (Å²) in [7, 11) is 0. The van der Waals surface area contributed by atoms with E-state index in [-0.39, 0.29) is 23.4 Å².